The maximum Gasteiger partial charge on any atom is 0.254 e. The molecule has 1 heterocycles. The number of rotatable bonds is 2. The highest BCUT2D eigenvalue weighted by atomic mass is 79.9. The Hall–Kier alpha value is -2.11. The number of hydrogen-bond donors (Lipinski definition) is 1. The number of benzene rings is 2. The number of nitrogens with two attached hydrogens (primary N) is 1. The van der Waals surface area contributed by atoms with Crippen molar-refractivity contribution in [1.82, 2.24) is 0 Å². The Morgan fingerprint density at radius 3 is 2.73 bits per heavy atom. The predicted molar refractivity (Wildman–Crippen MR) is 89.1 cm³/mol. The van der Waals surface area contributed by atoms with Gasteiger partial charge in [0.15, 0.2) is 0 Å². The van der Waals surface area contributed by atoms with Gasteiger partial charge in [-0.2, -0.15) is 0 Å². The van der Waals surface area contributed by atoms with Crippen LogP contribution in [0.2, 0.25) is 5.02 Å². The average Bonchev–Trinajstić information content (AvgIpc) is 2.46. The molecule has 0 fully saturated rings. The Labute approximate surface area is 139 Å². The van der Waals surface area contributed by atoms with Gasteiger partial charge in [-0.05, 0) is 42.5 Å². The molecule has 1 amide bonds. The molecule has 0 saturated carbocycles. The number of hydrogen-bond acceptors (Lipinski definition) is 3. The Morgan fingerprint density at radius 2 is 2.00 bits per heavy atom. The SMILES string of the molecule is NC(=O)c1cc2cc(Cl)ccc2oc1=Nc1cccc(Br)c1. The van der Waals surface area contributed by atoms with Crippen LogP contribution in [-0.2, 0) is 0 Å². The molecule has 0 bridgehead atoms. The van der Waals surface area contributed by atoms with Gasteiger partial charge in [-0.25, -0.2) is 4.99 Å². The summed E-state index contributed by atoms with van der Waals surface area (Å²) >= 11 is 9.32. The largest absolute Gasteiger partial charge is 0.438 e. The molecule has 6 heteroatoms. The van der Waals surface area contributed by atoms with Gasteiger partial charge in [-0.3, -0.25) is 4.79 Å². The van der Waals surface area contributed by atoms with Gasteiger partial charge < -0.3 is 10.2 Å². The van der Waals surface area contributed by atoms with Crippen molar-refractivity contribution in [3.05, 3.63) is 69.1 Å². The Balaban J connectivity index is 2.29. The molecule has 0 spiro atoms. The van der Waals surface area contributed by atoms with E-state index >= 15 is 0 Å². The first kappa shape index (κ1) is 14.8. The molecule has 0 aliphatic carbocycles. The smallest absolute Gasteiger partial charge is 0.254 e. The van der Waals surface area contributed by atoms with E-state index in [0.29, 0.717) is 21.7 Å². The normalized spacial score (nSPS) is 11.8. The lowest BCUT2D eigenvalue weighted by Gasteiger charge is -2.02. The summed E-state index contributed by atoms with van der Waals surface area (Å²) in [4.78, 5) is 16.0. The Morgan fingerprint density at radius 1 is 1.18 bits per heavy atom. The van der Waals surface area contributed by atoms with Gasteiger partial charge >= 0.3 is 0 Å². The maximum absolute atomic E-state index is 11.7. The number of carbonyl (C=O) groups excluding carboxylic acids is 1. The van der Waals surface area contributed by atoms with E-state index in [4.69, 9.17) is 21.8 Å². The first-order valence-electron chi connectivity index (χ1n) is 6.36. The second-order valence-electron chi connectivity index (χ2n) is 4.60. The summed E-state index contributed by atoms with van der Waals surface area (Å²) < 4.78 is 6.59. The molecule has 0 aliphatic heterocycles. The van der Waals surface area contributed by atoms with Gasteiger partial charge in [-0.1, -0.05) is 33.6 Å². The van der Waals surface area contributed by atoms with E-state index in [1.54, 1.807) is 30.3 Å². The minimum atomic E-state index is -0.612. The molecule has 3 rings (SSSR count). The zero-order valence-corrected chi connectivity index (χ0v) is 13.6. The molecule has 3 aromatic rings. The first-order chi connectivity index (χ1) is 10.5. The lowest BCUT2D eigenvalue weighted by Crippen LogP contribution is -2.21. The quantitative estimate of drug-likeness (QED) is 0.728. The highest BCUT2D eigenvalue weighted by Gasteiger charge is 2.09. The van der Waals surface area contributed by atoms with Crippen LogP contribution in [0.3, 0.4) is 0 Å². The lowest BCUT2D eigenvalue weighted by atomic mass is 10.2. The highest BCUT2D eigenvalue weighted by Crippen LogP contribution is 2.21. The van der Waals surface area contributed by atoms with Crippen molar-refractivity contribution in [2.75, 3.05) is 0 Å². The summed E-state index contributed by atoms with van der Waals surface area (Å²) in [5, 5.41) is 1.24. The summed E-state index contributed by atoms with van der Waals surface area (Å²) in [6.45, 7) is 0. The molecule has 2 aromatic carbocycles. The molecule has 0 unspecified atom stereocenters. The van der Waals surface area contributed by atoms with Crippen LogP contribution in [0.25, 0.3) is 11.0 Å². The summed E-state index contributed by atoms with van der Waals surface area (Å²) in [6, 6.07) is 14.1. The topological polar surface area (TPSA) is 68.6 Å². The fourth-order valence-electron chi connectivity index (χ4n) is 2.02. The standard InChI is InChI=1S/C16H10BrClN2O2/c17-10-2-1-3-12(8-10)20-16-13(15(19)21)7-9-6-11(18)4-5-14(9)22-16/h1-8H,(H2,19,21). The highest BCUT2D eigenvalue weighted by molar-refractivity contribution is 9.10. The number of nitrogens with zero attached hydrogens (tertiary/aromatic N) is 1. The Bertz CT molecular complexity index is 950. The van der Waals surface area contributed by atoms with E-state index < -0.39 is 5.91 Å². The van der Waals surface area contributed by atoms with Crippen LogP contribution in [0.15, 0.2) is 62.4 Å². The summed E-state index contributed by atoms with van der Waals surface area (Å²) in [6.07, 6.45) is 0. The van der Waals surface area contributed by atoms with E-state index in [2.05, 4.69) is 20.9 Å². The van der Waals surface area contributed by atoms with Crippen molar-refractivity contribution in [2.24, 2.45) is 10.7 Å². The predicted octanol–water partition coefficient (Wildman–Crippen LogP) is 4.18. The molecule has 22 heavy (non-hydrogen) atoms. The van der Waals surface area contributed by atoms with Gasteiger partial charge in [0.2, 0.25) is 5.55 Å². The van der Waals surface area contributed by atoms with Gasteiger partial charge in [0.05, 0.1) is 5.69 Å². The second-order valence-corrected chi connectivity index (χ2v) is 5.96. The maximum atomic E-state index is 11.7. The van der Waals surface area contributed by atoms with Gasteiger partial charge in [-0.15, -0.1) is 0 Å². The van der Waals surface area contributed by atoms with E-state index in [1.807, 2.05) is 18.2 Å². The lowest BCUT2D eigenvalue weighted by molar-refractivity contribution is 0.0996. The van der Waals surface area contributed by atoms with E-state index in [9.17, 15) is 4.79 Å². The van der Waals surface area contributed by atoms with E-state index in [0.717, 1.165) is 4.47 Å². The van der Waals surface area contributed by atoms with Crippen LogP contribution in [0.1, 0.15) is 10.4 Å². The molecular weight excluding hydrogens is 368 g/mol. The van der Waals surface area contributed by atoms with Crippen molar-refractivity contribution in [3.63, 3.8) is 0 Å². The zero-order valence-electron chi connectivity index (χ0n) is 11.2. The van der Waals surface area contributed by atoms with Crippen molar-refractivity contribution in [1.29, 1.82) is 0 Å². The average molecular weight is 378 g/mol. The molecule has 0 radical (unpaired) electrons. The summed E-state index contributed by atoms with van der Waals surface area (Å²) in [7, 11) is 0. The number of halogens is 2. The molecule has 110 valence electrons. The zero-order chi connectivity index (χ0) is 15.7. The third kappa shape index (κ3) is 3.05. The minimum absolute atomic E-state index is 0.167. The number of fused-ring (bicyclic) bond motifs is 1. The molecule has 2 N–H and O–H groups in total. The summed E-state index contributed by atoms with van der Waals surface area (Å²) in [5.74, 6) is -0.612. The van der Waals surface area contributed by atoms with E-state index in [-0.39, 0.29) is 11.1 Å². The van der Waals surface area contributed by atoms with Crippen LogP contribution in [0.5, 0.6) is 0 Å². The number of primary amides is 1. The summed E-state index contributed by atoms with van der Waals surface area (Å²) in [5.41, 5.74) is 7.02. The van der Waals surface area contributed by atoms with Gasteiger partial charge in [0.25, 0.3) is 5.91 Å². The van der Waals surface area contributed by atoms with Crippen LogP contribution < -0.4 is 11.3 Å². The molecule has 0 atom stereocenters. The van der Waals surface area contributed by atoms with Crippen LogP contribution >= 0.6 is 27.5 Å². The van der Waals surface area contributed by atoms with Crippen molar-refractivity contribution in [3.8, 4) is 0 Å². The third-order valence-corrected chi connectivity index (χ3v) is 3.74. The van der Waals surface area contributed by atoms with Gasteiger partial charge in [0, 0.05) is 14.9 Å². The van der Waals surface area contributed by atoms with Crippen LogP contribution in [-0.4, -0.2) is 5.91 Å². The van der Waals surface area contributed by atoms with E-state index in [1.165, 1.54) is 0 Å². The molecular formula is C16H10BrClN2O2. The fraction of sp³-hybridized carbons (Fsp3) is 0. The van der Waals surface area contributed by atoms with Crippen LogP contribution in [0.4, 0.5) is 5.69 Å². The van der Waals surface area contributed by atoms with Gasteiger partial charge in [0.1, 0.15) is 11.1 Å². The molecule has 0 aliphatic rings. The van der Waals surface area contributed by atoms with Crippen LogP contribution in [0, 0.1) is 0 Å². The fourth-order valence-corrected chi connectivity index (χ4v) is 2.59. The van der Waals surface area contributed by atoms with Crippen molar-refractivity contribution in [2.45, 2.75) is 0 Å². The van der Waals surface area contributed by atoms with Crippen molar-refractivity contribution >= 4 is 50.1 Å². The van der Waals surface area contributed by atoms with Crippen molar-refractivity contribution < 1.29 is 9.21 Å². The third-order valence-electron chi connectivity index (χ3n) is 3.01. The molecule has 0 saturated heterocycles. The Kier molecular flexibility index (Phi) is 4.00. The minimum Gasteiger partial charge on any atom is -0.438 e. The molecule has 4 nitrogen and oxygen atoms in total. The molecule has 1 aromatic heterocycles. The number of amides is 1. The monoisotopic (exact) mass is 376 g/mol. The number of carbonyl (C=O) groups is 1. The second kappa shape index (κ2) is 5.94. The first-order valence-corrected chi connectivity index (χ1v) is 7.53.